The molecule has 98 valence electrons. The van der Waals surface area contributed by atoms with E-state index in [0.717, 1.165) is 31.7 Å². The van der Waals surface area contributed by atoms with Crippen LogP contribution < -0.4 is 4.74 Å². The van der Waals surface area contributed by atoms with Gasteiger partial charge in [0.25, 0.3) is 0 Å². The van der Waals surface area contributed by atoms with E-state index >= 15 is 0 Å². The van der Waals surface area contributed by atoms with E-state index in [0.29, 0.717) is 6.61 Å². The molecule has 1 fully saturated rings. The van der Waals surface area contributed by atoms with Gasteiger partial charge >= 0.3 is 0 Å². The summed E-state index contributed by atoms with van der Waals surface area (Å²) in [4.78, 5) is 2.36. The molecule has 1 aromatic carbocycles. The van der Waals surface area contributed by atoms with Crippen molar-refractivity contribution in [2.24, 2.45) is 0 Å². The molecule has 2 aliphatic heterocycles. The quantitative estimate of drug-likeness (QED) is 0.703. The minimum absolute atomic E-state index is 0.106. The Hall–Kier alpha value is -1.06. The van der Waals surface area contributed by atoms with Gasteiger partial charge in [-0.3, -0.25) is 0 Å². The van der Waals surface area contributed by atoms with Gasteiger partial charge in [0.15, 0.2) is 0 Å². The van der Waals surface area contributed by atoms with Gasteiger partial charge in [0.05, 0.1) is 6.61 Å². The number of benzene rings is 1. The Kier molecular flexibility index (Phi) is 3.04. The third-order valence-electron chi connectivity index (χ3n) is 4.37. The summed E-state index contributed by atoms with van der Waals surface area (Å²) in [6.45, 7) is 4.99. The number of hydrogen-bond donors (Lipinski definition) is 0. The molecule has 0 aliphatic carbocycles. The number of likely N-dealkylation sites (tertiary alicyclic amines) is 1. The SMILES string of the molecule is CC1Oc2ccccc2COC12CCN(C)CC2. The van der Waals surface area contributed by atoms with Crippen molar-refractivity contribution < 1.29 is 9.47 Å². The predicted octanol–water partition coefficient (Wildman–Crippen LogP) is 2.45. The molecule has 3 rings (SSSR count). The minimum Gasteiger partial charge on any atom is -0.487 e. The van der Waals surface area contributed by atoms with Crippen LogP contribution in [0.15, 0.2) is 24.3 Å². The Morgan fingerprint density at radius 3 is 2.72 bits per heavy atom. The maximum absolute atomic E-state index is 6.27. The summed E-state index contributed by atoms with van der Waals surface area (Å²) in [5.41, 5.74) is 1.06. The number of nitrogens with zero attached hydrogens (tertiary/aromatic N) is 1. The molecule has 1 atom stereocenters. The Labute approximate surface area is 109 Å². The average Bonchev–Trinajstić information content (AvgIpc) is 2.52. The van der Waals surface area contributed by atoms with Crippen LogP contribution in [0.25, 0.3) is 0 Å². The van der Waals surface area contributed by atoms with Crippen molar-refractivity contribution in [3.05, 3.63) is 29.8 Å². The highest BCUT2D eigenvalue weighted by Crippen LogP contribution is 2.37. The molecule has 0 radical (unpaired) electrons. The summed E-state index contributed by atoms with van der Waals surface area (Å²) >= 11 is 0. The molecule has 3 heteroatoms. The second kappa shape index (κ2) is 4.56. The third-order valence-corrected chi connectivity index (χ3v) is 4.37. The van der Waals surface area contributed by atoms with Crippen molar-refractivity contribution in [3.8, 4) is 5.75 Å². The molecule has 0 bridgehead atoms. The van der Waals surface area contributed by atoms with Gasteiger partial charge in [-0.15, -0.1) is 0 Å². The summed E-state index contributed by atoms with van der Waals surface area (Å²) in [5, 5.41) is 0. The minimum atomic E-state index is -0.106. The van der Waals surface area contributed by atoms with Gasteiger partial charge in [-0.1, -0.05) is 18.2 Å². The van der Waals surface area contributed by atoms with Crippen LogP contribution in [0.5, 0.6) is 5.75 Å². The van der Waals surface area contributed by atoms with E-state index in [1.165, 1.54) is 5.56 Å². The standard InChI is InChI=1S/C15H21NO2/c1-12-15(7-9-16(2)10-8-15)17-11-13-5-3-4-6-14(13)18-12/h3-6,12H,7-11H2,1-2H3. The molecule has 18 heavy (non-hydrogen) atoms. The fourth-order valence-electron chi connectivity index (χ4n) is 2.92. The molecule has 2 heterocycles. The summed E-state index contributed by atoms with van der Waals surface area (Å²) in [7, 11) is 2.17. The Bertz CT molecular complexity index is 424. The Morgan fingerprint density at radius 1 is 1.22 bits per heavy atom. The topological polar surface area (TPSA) is 21.7 Å². The highest BCUT2D eigenvalue weighted by molar-refractivity contribution is 5.34. The van der Waals surface area contributed by atoms with Crippen LogP contribution in [0.1, 0.15) is 25.3 Å². The zero-order valence-electron chi connectivity index (χ0n) is 11.2. The number of hydrogen-bond acceptors (Lipinski definition) is 3. The molecule has 1 spiro atoms. The van der Waals surface area contributed by atoms with E-state index in [2.05, 4.69) is 24.9 Å². The number of rotatable bonds is 0. The lowest BCUT2D eigenvalue weighted by Gasteiger charge is -2.42. The first kappa shape index (κ1) is 12.0. The molecule has 1 saturated heterocycles. The fourth-order valence-corrected chi connectivity index (χ4v) is 2.92. The maximum atomic E-state index is 6.27. The lowest BCUT2D eigenvalue weighted by molar-refractivity contribution is -0.134. The van der Waals surface area contributed by atoms with Crippen LogP contribution in [0.3, 0.4) is 0 Å². The molecule has 0 saturated carbocycles. The van der Waals surface area contributed by atoms with Crippen molar-refractivity contribution in [3.63, 3.8) is 0 Å². The first-order valence-electron chi connectivity index (χ1n) is 6.77. The molecule has 0 N–H and O–H groups in total. The summed E-state index contributed by atoms with van der Waals surface area (Å²) < 4.78 is 12.4. The smallest absolute Gasteiger partial charge is 0.125 e. The van der Waals surface area contributed by atoms with E-state index in [1.807, 2.05) is 18.2 Å². The van der Waals surface area contributed by atoms with Gasteiger partial charge in [0.2, 0.25) is 0 Å². The van der Waals surface area contributed by atoms with Crippen molar-refractivity contribution in [2.75, 3.05) is 20.1 Å². The van der Waals surface area contributed by atoms with Crippen molar-refractivity contribution >= 4 is 0 Å². The molecule has 3 nitrogen and oxygen atoms in total. The summed E-state index contributed by atoms with van der Waals surface area (Å²) in [6.07, 6.45) is 2.23. The number of piperidine rings is 1. The lowest BCUT2D eigenvalue weighted by Crippen LogP contribution is -2.52. The van der Waals surface area contributed by atoms with E-state index in [4.69, 9.17) is 9.47 Å². The van der Waals surface area contributed by atoms with Crippen LogP contribution in [0, 0.1) is 0 Å². The van der Waals surface area contributed by atoms with Gasteiger partial charge in [-0.25, -0.2) is 0 Å². The monoisotopic (exact) mass is 247 g/mol. The Morgan fingerprint density at radius 2 is 1.94 bits per heavy atom. The molecular formula is C15H21NO2. The van der Waals surface area contributed by atoms with Gasteiger partial charge in [-0.05, 0) is 32.9 Å². The number of fused-ring (bicyclic) bond motifs is 1. The second-order valence-electron chi connectivity index (χ2n) is 5.52. The number of ether oxygens (including phenoxy) is 2. The van der Waals surface area contributed by atoms with E-state index < -0.39 is 0 Å². The van der Waals surface area contributed by atoms with Gasteiger partial charge < -0.3 is 14.4 Å². The first-order valence-corrected chi connectivity index (χ1v) is 6.77. The van der Waals surface area contributed by atoms with Crippen molar-refractivity contribution in [2.45, 2.75) is 38.1 Å². The third kappa shape index (κ3) is 2.02. The molecule has 1 unspecified atom stereocenters. The van der Waals surface area contributed by atoms with Crippen molar-refractivity contribution in [1.29, 1.82) is 0 Å². The fraction of sp³-hybridized carbons (Fsp3) is 0.600. The molecule has 1 aromatic rings. The van der Waals surface area contributed by atoms with Crippen LogP contribution in [-0.4, -0.2) is 36.7 Å². The maximum Gasteiger partial charge on any atom is 0.125 e. The van der Waals surface area contributed by atoms with Crippen molar-refractivity contribution in [1.82, 2.24) is 4.90 Å². The van der Waals surface area contributed by atoms with Crippen LogP contribution >= 0.6 is 0 Å². The second-order valence-corrected chi connectivity index (χ2v) is 5.52. The van der Waals surface area contributed by atoms with Gasteiger partial charge in [0.1, 0.15) is 17.5 Å². The zero-order chi connectivity index (χ0) is 12.6. The number of para-hydroxylation sites is 1. The van der Waals surface area contributed by atoms with Crippen LogP contribution in [-0.2, 0) is 11.3 Å². The van der Waals surface area contributed by atoms with E-state index in [-0.39, 0.29) is 11.7 Å². The van der Waals surface area contributed by atoms with E-state index in [9.17, 15) is 0 Å². The largest absolute Gasteiger partial charge is 0.487 e. The summed E-state index contributed by atoms with van der Waals surface area (Å²) in [6, 6.07) is 8.21. The highest BCUT2D eigenvalue weighted by Gasteiger charge is 2.43. The van der Waals surface area contributed by atoms with E-state index in [1.54, 1.807) is 0 Å². The zero-order valence-corrected chi connectivity index (χ0v) is 11.2. The summed E-state index contributed by atoms with van der Waals surface area (Å²) in [5.74, 6) is 0.987. The van der Waals surface area contributed by atoms with Gasteiger partial charge in [-0.2, -0.15) is 0 Å². The normalized spacial score (nSPS) is 27.3. The average molecular weight is 247 g/mol. The predicted molar refractivity (Wildman–Crippen MR) is 70.8 cm³/mol. The molecule has 2 aliphatic rings. The van der Waals surface area contributed by atoms with Gasteiger partial charge in [0, 0.05) is 18.7 Å². The molecule has 0 aromatic heterocycles. The lowest BCUT2D eigenvalue weighted by atomic mass is 9.86. The first-order chi connectivity index (χ1) is 8.70. The molecular weight excluding hydrogens is 226 g/mol. The van der Waals surface area contributed by atoms with Crippen LogP contribution in [0.2, 0.25) is 0 Å². The van der Waals surface area contributed by atoms with Crippen LogP contribution in [0.4, 0.5) is 0 Å². The highest BCUT2D eigenvalue weighted by atomic mass is 16.6. The Balaban J connectivity index is 1.84. The molecule has 0 amide bonds.